The van der Waals surface area contributed by atoms with Gasteiger partial charge in [0.15, 0.2) is 0 Å². The van der Waals surface area contributed by atoms with Crippen LogP contribution in [0.15, 0.2) is 36.9 Å². The Morgan fingerprint density at radius 2 is 1.94 bits per heavy atom. The molecule has 98 valence electrons. The second kappa shape index (κ2) is 5.57. The highest BCUT2D eigenvalue weighted by Gasteiger charge is 2.22. The molecule has 0 unspecified atom stereocenters. The summed E-state index contributed by atoms with van der Waals surface area (Å²) in [5.74, 6) is 0.748. The van der Waals surface area contributed by atoms with E-state index in [0.29, 0.717) is 11.7 Å². The van der Waals surface area contributed by atoms with Gasteiger partial charge >= 0.3 is 10.1 Å². The van der Waals surface area contributed by atoms with Crippen molar-refractivity contribution in [3.8, 4) is 5.75 Å². The molecule has 0 radical (unpaired) electrons. The summed E-state index contributed by atoms with van der Waals surface area (Å²) in [6.45, 7) is 3.43. The minimum atomic E-state index is -3.55. The third-order valence-corrected chi connectivity index (χ3v) is 4.33. The Kier molecular flexibility index (Phi) is 4.07. The molecular formula is C14H18O3S. The molecule has 0 heterocycles. The van der Waals surface area contributed by atoms with E-state index in [0.717, 1.165) is 18.4 Å². The molecule has 1 aliphatic carbocycles. The van der Waals surface area contributed by atoms with E-state index in [1.54, 1.807) is 12.1 Å². The monoisotopic (exact) mass is 266 g/mol. The fourth-order valence-corrected chi connectivity index (χ4v) is 3.23. The highest BCUT2D eigenvalue weighted by Crippen LogP contribution is 2.38. The molecule has 0 saturated heterocycles. The van der Waals surface area contributed by atoms with Crippen LogP contribution < -0.4 is 4.18 Å². The van der Waals surface area contributed by atoms with Gasteiger partial charge in [0, 0.05) is 0 Å². The van der Waals surface area contributed by atoms with Crippen LogP contribution in [0.4, 0.5) is 0 Å². The lowest BCUT2D eigenvalue weighted by Gasteiger charge is -2.15. The second-order valence-electron chi connectivity index (χ2n) is 4.62. The minimum Gasteiger partial charge on any atom is -0.382 e. The summed E-state index contributed by atoms with van der Waals surface area (Å²) in [6, 6.07) is 7.43. The Bertz CT molecular complexity index is 514. The first-order valence-corrected chi connectivity index (χ1v) is 7.82. The third kappa shape index (κ3) is 3.13. The smallest absolute Gasteiger partial charge is 0.312 e. The summed E-state index contributed by atoms with van der Waals surface area (Å²) in [4.78, 5) is 0. The molecule has 1 aromatic carbocycles. The number of benzene rings is 1. The zero-order valence-electron chi connectivity index (χ0n) is 10.3. The molecule has 1 saturated carbocycles. The first-order valence-electron chi connectivity index (χ1n) is 6.24. The van der Waals surface area contributed by atoms with Crippen molar-refractivity contribution in [2.45, 2.75) is 31.6 Å². The summed E-state index contributed by atoms with van der Waals surface area (Å²) < 4.78 is 28.5. The molecule has 0 spiro atoms. The molecule has 0 N–H and O–H groups in total. The molecule has 4 heteroatoms. The molecule has 0 aliphatic heterocycles. The average Bonchev–Trinajstić information content (AvgIpc) is 2.82. The van der Waals surface area contributed by atoms with E-state index < -0.39 is 10.1 Å². The van der Waals surface area contributed by atoms with Gasteiger partial charge < -0.3 is 4.18 Å². The van der Waals surface area contributed by atoms with Gasteiger partial charge in [-0.3, -0.25) is 0 Å². The van der Waals surface area contributed by atoms with E-state index in [1.165, 1.54) is 18.9 Å². The average molecular weight is 266 g/mol. The van der Waals surface area contributed by atoms with Gasteiger partial charge in [0.2, 0.25) is 0 Å². The van der Waals surface area contributed by atoms with Crippen LogP contribution in [0.5, 0.6) is 5.75 Å². The van der Waals surface area contributed by atoms with Crippen molar-refractivity contribution in [3.05, 3.63) is 42.5 Å². The van der Waals surface area contributed by atoms with Crippen LogP contribution in [0.1, 0.15) is 37.2 Å². The van der Waals surface area contributed by atoms with Crippen molar-refractivity contribution >= 4 is 10.1 Å². The summed E-state index contributed by atoms with van der Waals surface area (Å²) in [5.41, 5.74) is 1.02. The van der Waals surface area contributed by atoms with Crippen molar-refractivity contribution in [2.24, 2.45) is 0 Å². The quantitative estimate of drug-likeness (QED) is 0.607. The molecule has 0 amide bonds. The number of rotatable bonds is 5. The third-order valence-electron chi connectivity index (χ3n) is 3.25. The maximum atomic E-state index is 11.7. The van der Waals surface area contributed by atoms with Gasteiger partial charge in [-0.2, -0.15) is 8.42 Å². The van der Waals surface area contributed by atoms with Crippen molar-refractivity contribution in [1.29, 1.82) is 0 Å². The first-order chi connectivity index (χ1) is 8.62. The van der Waals surface area contributed by atoms with Crippen molar-refractivity contribution < 1.29 is 12.6 Å². The Balaban J connectivity index is 2.24. The normalized spacial score (nSPS) is 16.7. The Hall–Kier alpha value is -1.29. The van der Waals surface area contributed by atoms with E-state index in [4.69, 9.17) is 4.18 Å². The van der Waals surface area contributed by atoms with E-state index in [-0.39, 0.29) is 5.75 Å². The van der Waals surface area contributed by atoms with Crippen LogP contribution in [0.3, 0.4) is 0 Å². The lowest BCUT2D eigenvalue weighted by Crippen LogP contribution is -2.13. The van der Waals surface area contributed by atoms with Crippen LogP contribution in [0.25, 0.3) is 0 Å². The fourth-order valence-electron chi connectivity index (χ4n) is 2.45. The van der Waals surface area contributed by atoms with Gasteiger partial charge in [0.05, 0.1) is 0 Å². The van der Waals surface area contributed by atoms with Gasteiger partial charge in [-0.15, -0.1) is 6.58 Å². The molecule has 0 aromatic heterocycles. The summed E-state index contributed by atoms with van der Waals surface area (Å²) in [7, 11) is -3.55. The molecule has 1 aromatic rings. The van der Waals surface area contributed by atoms with Crippen LogP contribution in [0, 0.1) is 0 Å². The number of hydrogen-bond acceptors (Lipinski definition) is 3. The van der Waals surface area contributed by atoms with Crippen LogP contribution >= 0.6 is 0 Å². The molecular weight excluding hydrogens is 248 g/mol. The Morgan fingerprint density at radius 3 is 2.61 bits per heavy atom. The topological polar surface area (TPSA) is 43.4 Å². The zero-order chi connectivity index (χ0) is 13.0. The second-order valence-corrected chi connectivity index (χ2v) is 6.23. The van der Waals surface area contributed by atoms with Gasteiger partial charge in [-0.05, 0) is 30.4 Å². The Morgan fingerprint density at radius 1 is 1.28 bits per heavy atom. The molecule has 2 rings (SSSR count). The van der Waals surface area contributed by atoms with Gasteiger partial charge in [-0.25, -0.2) is 0 Å². The van der Waals surface area contributed by atoms with Gasteiger partial charge in [0.1, 0.15) is 11.5 Å². The fraction of sp³-hybridized carbons (Fsp3) is 0.429. The molecule has 3 nitrogen and oxygen atoms in total. The van der Waals surface area contributed by atoms with Crippen LogP contribution in [0.2, 0.25) is 0 Å². The highest BCUT2D eigenvalue weighted by molar-refractivity contribution is 7.87. The Labute approximate surface area is 109 Å². The SMILES string of the molecule is C=CCS(=O)(=O)Oc1ccccc1C1CCCC1. The lowest BCUT2D eigenvalue weighted by molar-refractivity contribution is 0.482. The number of hydrogen-bond donors (Lipinski definition) is 0. The van der Waals surface area contributed by atoms with Crippen LogP contribution in [-0.4, -0.2) is 14.2 Å². The van der Waals surface area contributed by atoms with E-state index >= 15 is 0 Å². The standard InChI is InChI=1S/C14H18O3S/c1-2-11-18(15,16)17-14-10-6-5-9-13(14)12-7-3-4-8-12/h2,5-6,9-10,12H,1,3-4,7-8,11H2. The van der Waals surface area contributed by atoms with E-state index in [2.05, 4.69) is 6.58 Å². The van der Waals surface area contributed by atoms with Crippen molar-refractivity contribution in [1.82, 2.24) is 0 Å². The number of para-hydroxylation sites is 1. The largest absolute Gasteiger partial charge is 0.382 e. The van der Waals surface area contributed by atoms with Crippen LogP contribution in [-0.2, 0) is 10.1 Å². The summed E-state index contributed by atoms with van der Waals surface area (Å²) >= 11 is 0. The molecule has 0 bridgehead atoms. The molecule has 0 atom stereocenters. The molecule has 1 aliphatic rings. The van der Waals surface area contributed by atoms with E-state index in [9.17, 15) is 8.42 Å². The van der Waals surface area contributed by atoms with E-state index in [1.807, 2.05) is 12.1 Å². The molecule has 18 heavy (non-hydrogen) atoms. The first kappa shape index (κ1) is 13.1. The molecule has 1 fully saturated rings. The predicted molar refractivity (Wildman–Crippen MR) is 72.3 cm³/mol. The lowest BCUT2D eigenvalue weighted by atomic mass is 9.97. The van der Waals surface area contributed by atoms with Gasteiger partial charge in [-0.1, -0.05) is 37.1 Å². The van der Waals surface area contributed by atoms with Gasteiger partial charge in [0.25, 0.3) is 0 Å². The van der Waals surface area contributed by atoms with Crippen molar-refractivity contribution in [2.75, 3.05) is 5.75 Å². The summed E-state index contributed by atoms with van der Waals surface area (Å²) in [6.07, 6.45) is 5.98. The zero-order valence-corrected chi connectivity index (χ0v) is 11.2. The predicted octanol–water partition coefficient (Wildman–Crippen LogP) is 3.24. The minimum absolute atomic E-state index is 0.161. The maximum Gasteiger partial charge on any atom is 0.312 e. The summed E-state index contributed by atoms with van der Waals surface area (Å²) in [5, 5.41) is 0. The maximum absolute atomic E-state index is 11.7. The highest BCUT2D eigenvalue weighted by atomic mass is 32.2. The van der Waals surface area contributed by atoms with Crippen molar-refractivity contribution in [3.63, 3.8) is 0 Å².